The van der Waals surface area contributed by atoms with E-state index in [9.17, 15) is 5.26 Å². The minimum Gasteiger partial charge on any atom is -0.252 e. The third-order valence-electron chi connectivity index (χ3n) is 6.38. The zero-order chi connectivity index (χ0) is 25.5. The average Bonchev–Trinajstić information content (AvgIpc) is 2.76. The van der Waals surface area contributed by atoms with Crippen LogP contribution in [-0.2, 0) is 5.41 Å². The molecule has 0 bridgehead atoms. The van der Waals surface area contributed by atoms with Crippen molar-refractivity contribution in [3.8, 4) is 39.8 Å². The molecule has 3 heteroatoms. The van der Waals surface area contributed by atoms with Gasteiger partial charge in [-0.2, -0.15) is 5.26 Å². The summed E-state index contributed by atoms with van der Waals surface area (Å²) >= 11 is 0. The minimum absolute atomic E-state index is 0.0447. The van der Waals surface area contributed by atoms with Crippen molar-refractivity contribution < 1.29 is 0 Å². The zero-order valence-electron chi connectivity index (χ0n) is 22.0. The van der Waals surface area contributed by atoms with E-state index >= 15 is 0 Å². The molecule has 0 aliphatic heterocycles. The van der Waals surface area contributed by atoms with Crippen molar-refractivity contribution in [1.29, 1.82) is 5.26 Å². The zero-order valence-corrected chi connectivity index (χ0v) is 22.0. The fourth-order valence-corrected chi connectivity index (χ4v) is 5.20. The maximum absolute atomic E-state index is 9.29. The quantitative estimate of drug-likeness (QED) is 0.310. The van der Waals surface area contributed by atoms with E-state index in [0.29, 0.717) is 5.56 Å². The van der Waals surface area contributed by atoms with Crippen LogP contribution in [0.15, 0.2) is 54.7 Å². The Morgan fingerprint density at radius 1 is 0.714 bits per heavy atom. The summed E-state index contributed by atoms with van der Waals surface area (Å²) in [6.45, 7) is 17.4. The van der Waals surface area contributed by atoms with E-state index in [4.69, 9.17) is 9.97 Å². The molecule has 0 unspecified atom stereocenters. The van der Waals surface area contributed by atoms with Gasteiger partial charge < -0.3 is 0 Å². The second kappa shape index (κ2) is 9.12. The smallest absolute Gasteiger partial charge is 0.0991 e. The fraction of sp³-hybridized carbons (Fsp3) is 0.281. The van der Waals surface area contributed by atoms with Gasteiger partial charge >= 0.3 is 0 Å². The van der Waals surface area contributed by atoms with Crippen LogP contribution in [0, 0.1) is 45.9 Å². The molecule has 0 N–H and O–H groups in total. The van der Waals surface area contributed by atoms with Crippen molar-refractivity contribution >= 4 is 0 Å². The maximum atomic E-state index is 9.29. The number of rotatable bonds is 3. The molecule has 0 saturated carbocycles. The lowest BCUT2D eigenvalue weighted by Crippen LogP contribution is -2.16. The van der Waals surface area contributed by atoms with Gasteiger partial charge in [0.15, 0.2) is 0 Å². The second-order valence-corrected chi connectivity index (χ2v) is 10.7. The topological polar surface area (TPSA) is 49.6 Å². The number of nitriles is 1. The molecule has 0 radical (unpaired) electrons. The Morgan fingerprint density at radius 2 is 1.37 bits per heavy atom. The summed E-state index contributed by atoms with van der Waals surface area (Å²) in [5.41, 5.74) is 13.6. The van der Waals surface area contributed by atoms with Crippen molar-refractivity contribution in [2.24, 2.45) is 0 Å². The first-order chi connectivity index (χ1) is 16.5. The molecule has 4 aromatic rings. The Morgan fingerprint density at radius 3 is 1.97 bits per heavy atom. The van der Waals surface area contributed by atoms with Crippen LogP contribution in [0.3, 0.4) is 0 Å². The third kappa shape index (κ3) is 4.88. The highest BCUT2D eigenvalue weighted by molar-refractivity contribution is 5.83. The normalized spacial score (nSPS) is 11.4. The molecule has 176 valence electrons. The van der Waals surface area contributed by atoms with E-state index in [-0.39, 0.29) is 5.41 Å². The van der Waals surface area contributed by atoms with E-state index in [0.717, 1.165) is 39.3 Å². The third-order valence-corrected chi connectivity index (χ3v) is 6.38. The molecule has 1 aromatic heterocycles. The molecule has 0 aliphatic rings. The molecule has 4 rings (SSSR count). The number of benzene rings is 3. The van der Waals surface area contributed by atoms with E-state index in [2.05, 4.69) is 84.9 Å². The molecule has 35 heavy (non-hydrogen) atoms. The van der Waals surface area contributed by atoms with Crippen molar-refractivity contribution in [2.45, 2.75) is 60.8 Å². The summed E-state index contributed by atoms with van der Waals surface area (Å²) < 4.78 is 0. The summed E-state index contributed by atoms with van der Waals surface area (Å²) in [5, 5.41) is 9.29. The van der Waals surface area contributed by atoms with Crippen LogP contribution in [0.4, 0.5) is 0 Å². The predicted molar refractivity (Wildman–Crippen MR) is 145 cm³/mol. The van der Waals surface area contributed by atoms with Crippen molar-refractivity contribution in [3.05, 3.63) is 93.7 Å². The Kier molecular flexibility index (Phi) is 6.34. The van der Waals surface area contributed by atoms with Gasteiger partial charge in [0, 0.05) is 16.7 Å². The number of hydrogen-bond acceptors (Lipinski definition) is 3. The van der Waals surface area contributed by atoms with E-state index < -0.39 is 0 Å². The fourth-order valence-electron chi connectivity index (χ4n) is 5.20. The van der Waals surface area contributed by atoms with E-state index in [1.807, 2.05) is 31.3 Å². The van der Waals surface area contributed by atoms with Gasteiger partial charge in [0.25, 0.3) is 0 Å². The first-order valence-electron chi connectivity index (χ1n) is 12.1. The molecule has 1 heterocycles. The van der Waals surface area contributed by atoms with Crippen LogP contribution in [0.2, 0.25) is 0 Å². The highest BCUT2D eigenvalue weighted by atomic mass is 14.8. The lowest BCUT2D eigenvalue weighted by molar-refractivity contribution is 0.587. The second-order valence-electron chi connectivity index (χ2n) is 10.7. The summed E-state index contributed by atoms with van der Waals surface area (Å²) in [4.78, 5) is 10.3. The lowest BCUT2D eigenvalue weighted by atomic mass is 9.79. The monoisotopic (exact) mass is 459 g/mol. The Bertz CT molecular complexity index is 1460. The Balaban J connectivity index is 2.06. The van der Waals surface area contributed by atoms with Crippen molar-refractivity contribution in [3.63, 3.8) is 0 Å². The van der Waals surface area contributed by atoms with Gasteiger partial charge in [0.1, 0.15) is 0 Å². The summed E-state index contributed by atoms with van der Waals surface area (Å²) in [6.07, 6.45) is 1.87. The molecular weight excluding hydrogens is 426 g/mol. The molecule has 0 atom stereocenters. The van der Waals surface area contributed by atoms with Crippen molar-refractivity contribution in [1.82, 2.24) is 9.97 Å². The van der Waals surface area contributed by atoms with Crippen LogP contribution in [0.25, 0.3) is 33.8 Å². The Labute approximate surface area is 209 Å². The molecule has 0 spiro atoms. The van der Waals surface area contributed by atoms with E-state index in [1.165, 1.54) is 27.8 Å². The number of aryl methyl sites for hydroxylation is 5. The molecular formula is C32H33N3. The standard InChI is InChI=1S/C32H33N3/c1-19-11-20(2)14-25(13-19)30-31(27-15-21(3)12-23(5)29(27)32(6,7)8)34-18-28(35-30)26-10-9-24(17-33)16-22(26)4/h9-16,18H,1-8H3. The SMILES string of the molecule is Cc1cc(C)cc(-c2nc(-c3ccc(C#N)cc3C)cnc2-c2cc(C)cc(C)c2C(C)(C)C)c1. The molecule has 0 amide bonds. The van der Waals surface area contributed by atoms with E-state index in [1.54, 1.807) is 0 Å². The molecule has 0 saturated heterocycles. The average molecular weight is 460 g/mol. The molecule has 3 aromatic carbocycles. The van der Waals surface area contributed by atoms with Gasteiger partial charge in [0.05, 0.1) is 34.9 Å². The van der Waals surface area contributed by atoms with Gasteiger partial charge in [-0.15, -0.1) is 0 Å². The van der Waals surface area contributed by atoms with Crippen LogP contribution < -0.4 is 0 Å². The Hall–Kier alpha value is -3.77. The predicted octanol–water partition coefficient (Wildman–Crippen LogP) is 8.19. The summed E-state index contributed by atoms with van der Waals surface area (Å²) in [6, 6.07) is 19.0. The van der Waals surface area contributed by atoms with Gasteiger partial charge in [-0.05, 0) is 87.1 Å². The number of aromatic nitrogens is 2. The number of hydrogen-bond donors (Lipinski definition) is 0. The van der Waals surface area contributed by atoms with Crippen LogP contribution in [-0.4, -0.2) is 9.97 Å². The van der Waals surface area contributed by atoms with Crippen molar-refractivity contribution in [2.75, 3.05) is 0 Å². The minimum atomic E-state index is -0.0447. The number of nitrogens with zero attached hydrogens (tertiary/aromatic N) is 3. The largest absolute Gasteiger partial charge is 0.252 e. The first-order valence-corrected chi connectivity index (χ1v) is 12.1. The summed E-state index contributed by atoms with van der Waals surface area (Å²) in [7, 11) is 0. The lowest BCUT2D eigenvalue weighted by Gasteiger charge is -2.27. The van der Waals surface area contributed by atoms with Gasteiger partial charge in [-0.1, -0.05) is 55.7 Å². The van der Waals surface area contributed by atoms with Crippen LogP contribution >= 0.6 is 0 Å². The summed E-state index contributed by atoms with van der Waals surface area (Å²) in [5.74, 6) is 0. The molecule has 3 nitrogen and oxygen atoms in total. The molecule has 0 fully saturated rings. The highest BCUT2D eigenvalue weighted by Crippen LogP contribution is 2.40. The van der Waals surface area contributed by atoms with Gasteiger partial charge in [0.2, 0.25) is 0 Å². The molecule has 0 aliphatic carbocycles. The van der Waals surface area contributed by atoms with Crippen LogP contribution in [0.1, 0.15) is 59.7 Å². The van der Waals surface area contributed by atoms with Gasteiger partial charge in [-0.3, -0.25) is 4.98 Å². The first kappa shape index (κ1) is 24.4. The van der Waals surface area contributed by atoms with Crippen LogP contribution in [0.5, 0.6) is 0 Å². The van der Waals surface area contributed by atoms with Gasteiger partial charge in [-0.25, -0.2) is 4.98 Å². The maximum Gasteiger partial charge on any atom is 0.0991 e. The highest BCUT2D eigenvalue weighted by Gasteiger charge is 2.25.